The number of amides is 2. The van der Waals surface area contributed by atoms with Crippen LogP contribution in [0.25, 0.3) is 10.8 Å². The first-order valence-corrected chi connectivity index (χ1v) is 7.27. The van der Waals surface area contributed by atoms with Crippen molar-refractivity contribution in [3.05, 3.63) is 53.1 Å². The van der Waals surface area contributed by atoms with Crippen LogP contribution in [0, 0.1) is 0 Å². The van der Waals surface area contributed by atoms with Gasteiger partial charge in [0.1, 0.15) is 0 Å². The smallest absolute Gasteiger partial charge is 0.258 e. The van der Waals surface area contributed by atoms with Gasteiger partial charge in [0.05, 0.1) is 5.69 Å². The second kappa shape index (κ2) is 5.34. The Labute approximate surface area is 127 Å². The molecular formula is C17H14ClNO2. The van der Waals surface area contributed by atoms with Crippen molar-refractivity contribution in [2.24, 2.45) is 0 Å². The topological polar surface area (TPSA) is 37.4 Å². The molecule has 0 unspecified atom stereocenters. The Bertz CT molecular complexity index is 762. The number of nitrogens with zero attached hydrogens (tertiary/aromatic N) is 1. The highest BCUT2D eigenvalue weighted by Gasteiger charge is 2.29. The standard InChI is InChI=1S/C17H14ClNO2/c1-2-5-11-10-14(18)12-6-3-4-7-13(12)17(11)19-15(20)8-9-16(19)21/h3-4,6-10H,2,5H2,1H3. The molecule has 1 aliphatic rings. The van der Waals surface area contributed by atoms with Crippen LogP contribution in [-0.4, -0.2) is 11.8 Å². The number of anilines is 1. The number of benzene rings is 2. The molecule has 0 spiro atoms. The van der Waals surface area contributed by atoms with E-state index in [1.807, 2.05) is 30.3 Å². The summed E-state index contributed by atoms with van der Waals surface area (Å²) in [6.07, 6.45) is 4.28. The zero-order valence-corrected chi connectivity index (χ0v) is 12.4. The first kappa shape index (κ1) is 13.8. The first-order valence-electron chi connectivity index (χ1n) is 6.89. The third-order valence-electron chi connectivity index (χ3n) is 3.60. The van der Waals surface area contributed by atoms with E-state index in [-0.39, 0.29) is 11.8 Å². The number of aryl methyl sites for hydroxylation is 1. The SMILES string of the molecule is CCCc1cc(Cl)c2ccccc2c1N1C(=O)C=CC1=O. The number of imide groups is 1. The van der Waals surface area contributed by atoms with E-state index in [0.717, 1.165) is 29.2 Å². The Balaban J connectivity index is 2.33. The molecule has 2 aromatic rings. The van der Waals surface area contributed by atoms with E-state index in [9.17, 15) is 9.59 Å². The molecular weight excluding hydrogens is 286 g/mol. The maximum absolute atomic E-state index is 12.1. The minimum absolute atomic E-state index is 0.301. The van der Waals surface area contributed by atoms with Crippen molar-refractivity contribution in [2.75, 3.05) is 4.90 Å². The predicted octanol–water partition coefficient (Wildman–Crippen LogP) is 3.88. The van der Waals surface area contributed by atoms with Crippen molar-refractivity contribution in [2.45, 2.75) is 19.8 Å². The summed E-state index contributed by atoms with van der Waals surface area (Å²) >= 11 is 6.35. The summed E-state index contributed by atoms with van der Waals surface area (Å²) in [6, 6.07) is 9.44. The number of fused-ring (bicyclic) bond motifs is 1. The molecule has 106 valence electrons. The first-order chi connectivity index (χ1) is 10.1. The number of rotatable bonds is 3. The Morgan fingerprint density at radius 1 is 1.05 bits per heavy atom. The van der Waals surface area contributed by atoms with Gasteiger partial charge in [0, 0.05) is 27.9 Å². The molecule has 2 aromatic carbocycles. The molecule has 0 fully saturated rings. The fraction of sp³-hybridized carbons (Fsp3) is 0.176. The highest BCUT2D eigenvalue weighted by atomic mass is 35.5. The molecule has 0 radical (unpaired) electrons. The Morgan fingerprint density at radius 3 is 2.29 bits per heavy atom. The van der Waals surface area contributed by atoms with Gasteiger partial charge in [0.2, 0.25) is 0 Å². The fourth-order valence-corrected chi connectivity index (χ4v) is 3.01. The summed E-state index contributed by atoms with van der Waals surface area (Å²) < 4.78 is 0. The predicted molar refractivity (Wildman–Crippen MR) is 84.6 cm³/mol. The average Bonchev–Trinajstić information content (AvgIpc) is 2.80. The van der Waals surface area contributed by atoms with Gasteiger partial charge in [0.25, 0.3) is 11.8 Å². The van der Waals surface area contributed by atoms with Crippen molar-refractivity contribution in [1.29, 1.82) is 0 Å². The third kappa shape index (κ3) is 2.24. The van der Waals surface area contributed by atoms with E-state index in [2.05, 4.69) is 6.92 Å². The molecule has 0 atom stereocenters. The largest absolute Gasteiger partial charge is 0.269 e. The number of carbonyl (C=O) groups is 2. The molecule has 0 saturated carbocycles. The van der Waals surface area contributed by atoms with Crippen LogP contribution in [0.15, 0.2) is 42.5 Å². The van der Waals surface area contributed by atoms with E-state index >= 15 is 0 Å². The van der Waals surface area contributed by atoms with Crippen LogP contribution in [0.4, 0.5) is 5.69 Å². The second-order valence-corrected chi connectivity index (χ2v) is 5.41. The highest BCUT2D eigenvalue weighted by Crippen LogP contribution is 2.37. The van der Waals surface area contributed by atoms with Crippen LogP contribution in [0.3, 0.4) is 0 Å². The Hall–Kier alpha value is -2.13. The molecule has 21 heavy (non-hydrogen) atoms. The van der Waals surface area contributed by atoms with Crippen LogP contribution in [0.5, 0.6) is 0 Å². The molecule has 3 nitrogen and oxygen atoms in total. The van der Waals surface area contributed by atoms with Crippen LogP contribution in [0.2, 0.25) is 5.02 Å². The van der Waals surface area contributed by atoms with Crippen molar-refractivity contribution in [1.82, 2.24) is 0 Å². The van der Waals surface area contributed by atoms with Crippen molar-refractivity contribution in [3.8, 4) is 0 Å². The van der Waals surface area contributed by atoms with Crippen molar-refractivity contribution < 1.29 is 9.59 Å². The van der Waals surface area contributed by atoms with Gasteiger partial charge < -0.3 is 0 Å². The molecule has 0 N–H and O–H groups in total. The number of hydrogen-bond donors (Lipinski definition) is 0. The van der Waals surface area contributed by atoms with Crippen LogP contribution < -0.4 is 4.90 Å². The normalized spacial score (nSPS) is 14.5. The molecule has 0 saturated heterocycles. The quantitative estimate of drug-likeness (QED) is 0.807. The summed E-state index contributed by atoms with van der Waals surface area (Å²) in [5, 5.41) is 2.32. The zero-order valence-electron chi connectivity index (χ0n) is 11.6. The molecule has 0 aliphatic carbocycles. The summed E-state index contributed by atoms with van der Waals surface area (Å²) in [6.45, 7) is 2.05. The average molecular weight is 300 g/mol. The molecule has 0 aromatic heterocycles. The Kier molecular flexibility index (Phi) is 3.52. The summed E-state index contributed by atoms with van der Waals surface area (Å²) in [5.74, 6) is -0.602. The number of carbonyl (C=O) groups excluding carboxylic acids is 2. The molecule has 4 heteroatoms. The van der Waals surface area contributed by atoms with Crippen molar-refractivity contribution in [3.63, 3.8) is 0 Å². The lowest BCUT2D eigenvalue weighted by molar-refractivity contribution is -0.119. The van der Waals surface area contributed by atoms with E-state index in [4.69, 9.17) is 11.6 Å². The molecule has 0 bridgehead atoms. The fourth-order valence-electron chi connectivity index (χ4n) is 2.71. The molecule has 1 heterocycles. The van der Waals surface area contributed by atoms with Gasteiger partial charge in [-0.2, -0.15) is 0 Å². The number of hydrogen-bond acceptors (Lipinski definition) is 2. The lowest BCUT2D eigenvalue weighted by Gasteiger charge is -2.21. The monoisotopic (exact) mass is 299 g/mol. The summed E-state index contributed by atoms with van der Waals surface area (Å²) in [4.78, 5) is 25.4. The van der Waals surface area contributed by atoms with Crippen LogP contribution >= 0.6 is 11.6 Å². The second-order valence-electron chi connectivity index (χ2n) is 5.01. The molecule has 3 rings (SSSR count). The van der Waals surface area contributed by atoms with E-state index in [1.165, 1.54) is 17.1 Å². The van der Waals surface area contributed by atoms with Gasteiger partial charge in [-0.05, 0) is 18.1 Å². The number of halogens is 1. The summed E-state index contributed by atoms with van der Waals surface area (Å²) in [7, 11) is 0. The molecule has 2 amide bonds. The Morgan fingerprint density at radius 2 is 1.67 bits per heavy atom. The van der Waals surface area contributed by atoms with Gasteiger partial charge in [0.15, 0.2) is 0 Å². The third-order valence-corrected chi connectivity index (χ3v) is 3.91. The highest BCUT2D eigenvalue weighted by molar-refractivity contribution is 6.37. The van der Waals surface area contributed by atoms with E-state index in [0.29, 0.717) is 10.7 Å². The van der Waals surface area contributed by atoms with Crippen LogP contribution in [0.1, 0.15) is 18.9 Å². The maximum atomic E-state index is 12.1. The van der Waals surface area contributed by atoms with E-state index < -0.39 is 0 Å². The van der Waals surface area contributed by atoms with Gasteiger partial charge in [-0.15, -0.1) is 0 Å². The van der Waals surface area contributed by atoms with Crippen LogP contribution in [-0.2, 0) is 16.0 Å². The van der Waals surface area contributed by atoms with Gasteiger partial charge in [-0.3, -0.25) is 9.59 Å². The molecule has 1 aliphatic heterocycles. The lowest BCUT2D eigenvalue weighted by atomic mass is 9.99. The van der Waals surface area contributed by atoms with E-state index in [1.54, 1.807) is 0 Å². The van der Waals surface area contributed by atoms with Gasteiger partial charge in [-0.25, -0.2) is 4.90 Å². The van der Waals surface area contributed by atoms with Gasteiger partial charge in [-0.1, -0.05) is 49.2 Å². The maximum Gasteiger partial charge on any atom is 0.258 e. The van der Waals surface area contributed by atoms with Gasteiger partial charge >= 0.3 is 0 Å². The summed E-state index contributed by atoms with van der Waals surface area (Å²) in [5.41, 5.74) is 1.59. The minimum atomic E-state index is -0.301. The van der Waals surface area contributed by atoms with Crippen molar-refractivity contribution >= 4 is 39.9 Å². The zero-order chi connectivity index (χ0) is 15.0. The lowest BCUT2D eigenvalue weighted by Crippen LogP contribution is -2.30. The minimum Gasteiger partial charge on any atom is -0.269 e.